The highest BCUT2D eigenvalue weighted by atomic mass is 35.5. The molecule has 2 N–H and O–H groups in total. The molecule has 1 amide bonds. The van der Waals surface area contributed by atoms with Gasteiger partial charge < -0.3 is 19.7 Å². The zero-order valence-corrected chi connectivity index (χ0v) is 14.8. The minimum atomic E-state index is -1.37. The van der Waals surface area contributed by atoms with E-state index in [-0.39, 0.29) is 13.0 Å². The summed E-state index contributed by atoms with van der Waals surface area (Å²) in [5.41, 5.74) is 1.49. The minimum Gasteiger partial charge on any atom is -0.479 e. The molecule has 132 valence electrons. The van der Waals surface area contributed by atoms with Crippen LogP contribution < -0.4 is 5.32 Å². The number of carbonyl (C=O) groups is 2. The molecule has 0 radical (unpaired) electrons. The van der Waals surface area contributed by atoms with Gasteiger partial charge in [0.25, 0.3) is 5.91 Å². The van der Waals surface area contributed by atoms with Gasteiger partial charge in [0.15, 0.2) is 5.54 Å². The van der Waals surface area contributed by atoms with E-state index < -0.39 is 17.4 Å². The Balaban J connectivity index is 1.95. The molecule has 0 bridgehead atoms. The van der Waals surface area contributed by atoms with Crippen molar-refractivity contribution in [1.82, 2.24) is 9.88 Å². The third kappa shape index (κ3) is 3.15. The van der Waals surface area contributed by atoms with Crippen LogP contribution in [0.3, 0.4) is 0 Å². The van der Waals surface area contributed by atoms with Gasteiger partial charge in [0.2, 0.25) is 0 Å². The topological polar surface area (TPSA) is 80.6 Å². The van der Waals surface area contributed by atoms with E-state index in [0.29, 0.717) is 17.2 Å². The van der Waals surface area contributed by atoms with Gasteiger partial charge in [-0.3, -0.25) is 4.79 Å². The number of hydrogen-bond acceptors (Lipinski definition) is 3. The molecule has 0 saturated carbocycles. The van der Waals surface area contributed by atoms with E-state index in [1.54, 1.807) is 12.1 Å². The summed E-state index contributed by atoms with van der Waals surface area (Å²) < 4.78 is 7.10. The van der Waals surface area contributed by atoms with E-state index >= 15 is 0 Å². The van der Waals surface area contributed by atoms with E-state index in [4.69, 9.17) is 16.3 Å². The summed E-state index contributed by atoms with van der Waals surface area (Å²) in [6, 6.07) is 9.08. The van der Waals surface area contributed by atoms with Crippen molar-refractivity contribution >= 4 is 23.5 Å². The van der Waals surface area contributed by atoms with E-state index in [9.17, 15) is 14.7 Å². The number of carboxylic acids is 1. The highest BCUT2D eigenvalue weighted by Crippen LogP contribution is 2.25. The first kappa shape index (κ1) is 17.5. The zero-order chi connectivity index (χ0) is 18.2. The lowest BCUT2D eigenvalue weighted by molar-refractivity contribution is -0.144. The van der Waals surface area contributed by atoms with Gasteiger partial charge in [-0.15, -0.1) is 0 Å². The molecular formula is C18H19ClN2O4. The first-order valence-electron chi connectivity index (χ1n) is 7.92. The van der Waals surface area contributed by atoms with Crippen LogP contribution in [0.1, 0.15) is 28.2 Å². The summed E-state index contributed by atoms with van der Waals surface area (Å²) in [6.45, 7) is 3.99. The molecule has 1 aromatic carbocycles. The fraction of sp³-hybridized carbons (Fsp3) is 0.333. The summed E-state index contributed by atoms with van der Waals surface area (Å²) in [6.07, 6.45) is 0.251. The Bertz CT molecular complexity index is 838. The van der Waals surface area contributed by atoms with Crippen molar-refractivity contribution in [3.63, 3.8) is 0 Å². The van der Waals surface area contributed by atoms with E-state index in [2.05, 4.69) is 5.32 Å². The van der Waals surface area contributed by atoms with Crippen LogP contribution >= 0.6 is 11.6 Å². The number of carboxylic acid groups (broad SMARTS) is 1. The number of ether oxygens (including phenoxy) is 1. The molecule has 1 aliphatic heterocycles. The van der Waals surface area contributed by atoms with Crippen molar-refractivity contribution in [2.24, 2.45) is 0 Å². The number of hydrogen-bond donors (Lipinski definition) is 2. The smallest absolute Gasteiger partial charge is 0.331 e. The highest BCUT2D eigenvalue weighted by Gasteiger charge is 2.44. The number of carbonyl (C=O) groups excluding carboxylic acids is 1. The van der Waals surface area contributed by atoms with E-state index in [1.165, 1.54) is 0 Å². The molecule has 1 aliphatic rings. The van der Waals surface area contributed by atoms with Crippen LogP contribution in [-0.2, 0) is 9.53 Å². The number of rotatable bonds is 4. The van der Waals surface area contributed by atoms with Crippen molar-refractivity contribution in [1.29, 1.82) is 0 Å². The van der Waals surface area contributed by atoms with Crippen LogP contribution in [0.25, 0.3) is 5.69 Å². The number of aryl methyl sites for hydroxylation is 1. The quantitative estimate of drug-likeness (QED) is 0.876. The molecule has 6 nitrogen and oxygen atoms in total. The van der Waals surface area contributed by atoms with Crippen LogP contribution in [0.15, 0.2) is 30.3 Å². The molecule has 7 heteroatoms. The third-order valence-corrected chi connectivity index (χ3v) is 4.76. The average Bonchev–Trinajstić information content (AvgIpc) is 3.13. The summed E-state index contributed by atoms with van der Waals surface area (Å²) >= 11 is 6.06. The maximum Gasteiger partial charge on any atom is 0.331 e. The number of aliphatic carboxylic acids is 1. The zero-order valence-electron chi connectivity index (χ0n) is 14.0. The van der Waals surface area contributed by atoms with Crippen LogP contribution in [0.4, 0.5) is 0 Å². The minimum absolute atomic E-state index is 0.0267. The maximum absolute atomic E-state index is 12.7. The number of halogens is 1. The number of amides is 1. The van der Waals surface area contributed by atoms with Gasteiger partial charge in [-0.25, -0.2) is 4.79 Å². The SMILES string of the molecule is Cc1cc(C(=O)NC2(C(=O)O)CCOC2)c(C)n1-c1cccc(Cl)c1. The van der Waals surface area contributed by atoms with Gasteiger partial charge in [-0.2, -0.15) is 0 Å². The van der Waals surface area contributed by atoms with Gasteiger partial charge >= 0.3 is 5.97 Å². The van der Waals surface area contributed by atoms with Gasteiger partial charge in [-0.05, 0) is 38.1 Å². The van der Waals surface area contributed by atoms with Crippen LogP contribution in [-0.4, -0.2) is 40.3 Å². The lowest BCUT2D eigenvalue weighted by Gasteiger charge is -2.23. The summed E-state index contributed by atoms with van der Waals surface area (Å²) in [4.78, 5) is 24.3. The Hall–Kier alpha value is -2.31. The molecular weight excluding hydrogens is 344 g/mol. The normalized spacial score (nSPS) is 19.8. The Morgan fingerprint density at radius 3 is 2.68 bits per heavy atom. The van der Waals surface area contributed by atoms with Crippen LogP contribution in [0, 0.1) is 13.8 Å². The van der Waals surface area contributed by atoms with Gasteiger partial charge in [0, 0.05) is 35.1 Å². The molecule has 25 heavy (non-hydrogen) atoms. The standard InChI is InChI=1S/C18H19ClN2O4/c1-11-8-15(12(2)21(11)14-5-3-4-13(19)9-14)16(22)20-18(17(23)24)6-7-25-10-18/h3-5,8-9H,6-7,10H2,1-2H3,(H,20,22)(H,23,24). The van der Waals surface area contributed by atoms with Crippen molar-refractivity contribution in [3.8, 4) is 5.69 Å². The molecule has 0 spiro atoms. The molecule has 1 fully saturated rings. The van der Waals surface area contributed by atoms with Gasteiger partial charge in [0.05, 0.1) is 12.2 Å². The number of benzene rings is 1. The van der Waals surface area contributed by atoms with E-state index in [1.807, 2.05) is 36.6 Å². The Kier molecular flexibility index (Phi) is 4.58. The maximum atomic E-state index is 12.7. The lowest BCUT2D eigenvalue weighted by atomic mass is 9.98. The summed E-state index contributed by atoms with van der Waals surface area (Å²) in [7, 11) is 0. The second-order valence-corrected chi connectivity index (χ2v) is 6.68. The number of nitrogens with one attached hydrogen (secondary N) is 1. The molecule has 2 aromatic rings. The molecule has 1 aromatic heterocycles. The van der Waals surface area contributed by atoms with Gasteiger partial charge in [-0.1, -0.05) is 17.7 Å². The Morgan fingerprint density at radius 2 is 2.08 bits per heavy atom. The summed E-state index contributed by atoms with van der Waals surface area (Å²) in [5, 5.41) is 12.7. The molecule has 1 saturated heterocycles. The lowest BCUT2D eigenvalue weighted by Crippen LogP contribution is -2.55. The van der Waals surface area contributed by atoms with Crippen molar-refractivity contribution in [2.75, 3.05) is 13.2 Å². The van der Waals surface area contributed by atoms with Gasteiger partial charge in [0.1, 0.15) is 0 Å². The molecule has 1 unspecified atom stereocenters. The largest absolute Gasteiger partial charge is 0.479 e. The van der Waals surface area contributed by atoms with Crippen molar-refractivity contribution < 1.29 is 19.4 Å². The second-order valence-electron chi connectivity index (χ2n) is 6.24. The summed E-state index contributed by atoms with van der Waals surface area (Å²) in [5.74, 6) is -1.50. The van der Waals surface area contributed by atoms with Crippen LogP contribution in [0.2, 0.25) is 5.02 Å². The predicted octanol–water partition coefficient (Wildman–Crippen LogP) is 2.72. The Morgan fingerprint density at radius 1 is 1.32 bits per heavy atom. The fourth-order valence-corrected chi connectivity index (χ4v) is 3.36. The molecule has 1 atom stereocenters. The molecule has 3 rings (SSSR count). The predicted molar refractivity (Wildman–Crippen MR) is 93.5 cm³/mol. The monoisotopic (exact) mass is 362 g/mol. The third-order valence-electron chi connectivity index (χ3n) is 4.53. The highest BCUT2D eigenvalue weighted by molar-refractivity contribution is 6.30. The average molecular weight is 363 g/mol. The number of nitrogens with zero attached hydrogens (tertiary/aromatic N) is 1. The molecule has 0 aliphatic carbocycles. The fourth-order valence-electron chi connectivity index (χ4n) is 3.18. The number of aromatic nitrogens is 1. The van der Waals surface area contributed by atoms with Crippen LogP contribution in [0.5, 0.6) is 0 Å². The van der Waals surface area contributed by atoms with Crippen molar-refractivity contribution in [3.05, 3.63) is 52.3 Å². The Labute approximate surface area is 150 Å². The first-order valence-corrected chi connectivity index (χ1v) is 8.30. The first-order chi connectivity index (χ1) is 11.8. The van der Waals surface area contributed by atoms with Crippen molar-refractivity contribution in [2.45, 2.75) is 25.8 Å². The second kappa shape index (κ2) is 6.54. The van der Waals surface area contributed by atoms with E-state index in [0.717, 1.165) is 17.1 Å². The molecule has 2 heterocycles.